The van der Waals surface area contributed by atoms with Gasteiger partial charge in [0, 0.05) is 26.2 Å². The molecule has 1 saturated heterocycles. The van der Waals surface area contributed by atoms with Crippen LogP contribution in [0.1, 0.15) is 37.7 Å². The molecule has 1 aromatic carbocycles. The first kappa shape index (κ1) is 17.0. The average Bonchev–Trinajstić information content (AvgIpc) is 3.01. The highest BCUT2D eigenvalue weighted by Gasteiger charge is 2.73. The molecule has 2 saturated carbocycles. The third-order valence-corrected chi connectivity index (χ3v) is 7.87. The maximum absolute atomic E-state index is 13.6. The van der Waals surface area contributed by atoms with Gasteiger partial charge in [-0.05, 0) is 30.2 Å². The van der Waals surface area contributed by atoms with E-state index in [1.165, 1.54) is 23.4 Å². The van der Waals surface area contributed by atoms with Crippen LogP contribution in [0.5, 0.6) is 0 Å². The fourth-order valence-corrected chi connectivity index (χ4v) is 5.99. The zero-order valence-electron chi connectivity index (χ0n) is 14.8. The van der Waals surface area contributed by atoms with Crippen molar-refractivity contribution >= 4 is 15.9 Å². The van der Waals surface area contributed by atoms with Crippen molar-refractivity contribution in [2.24, 2.45) is 5.41 Å². The van der Waals surface area contributed by atoms with Gasteiger partial charge in [-0.2, -0.15) is 4.31 Å². The Morgan fingerprint density at radius 1 is 1.00 bits per heavy atom. The quantitative estimate of drug-likeness (QED) is 0.826. The number of sulfonamides is 1. The van der Waals surface area contributed by atoms with Crippen molar-refractivity contribution in [2.45, 2.75) is 37.5 Å². The van der Waals surface area contributed by atoms with Crippen LogP contribution in [0.3, 0.4) is 0 Å². The molecule has 1 unspecified atom stereocenters. The monoisotopic (exact) mass is 362 g/mol. The first-order valence-electron chi connectivity index (χ1n) is 9.19. The van der Waals surface area contributed by atoms with Crippen molar-refractivity contribution in [2.75, 3.05) is 32.4 Å². The van der Waals surface area contributed by atoms with E-state index >= 15 is 0 Å². The normalized spacial score (nSPS) is 29.1. The van der Waals surface area contributed by atoms with E-state index in [9.17, 15) is 13.2 Å². The summed E-state index contributed by atoms with van der Waals surface area (Å²) in [4.78, 5) is 15.5. The van der Waals surface area contributed by atoms with E-state index in [4.69, 9.17) is 0 Å². The van der Waals surface area contributed by atoms with E-state index in [-0.39, 0.29) is 16.7 Å². The fraction of sp³-hybridized carbons (Fsp3) is 0.632. The van der Waals surface area contributed by atoms with E-state index in [0.717, 1.165) is 24.8 Å². The number of carbonyl (C=O) groups is 1. The van der Waals surface area contributed by atoms with Gasteiger partial charge < -0.3 is 4.90 Å². The van der Waals surface area contributed by atoms with Crippen molar-refractivity contribution < 1.29 is 13.2 Å². The van der Waals surface area contributed by atoms with Crippen molar-refractivity contribution in [1.82, 2.24) is 9.21 Å². The molecule has 1 aromatic rings. The van der Waals surface area contributed by atoms with Crippen LogP contribution < -0.4 is 0 Å². The Labute approximate surface area is 150 Å². The minimum absolute atomic E-state index is 0.138. The smallest absolute Gasteiger partial charge is 0.233 e. The number of piperazine rings is 1. The molecule has 1 heterocycles. The Bertz CT molecular complexity index is 763. The zero-order chi connectivity index (χ0) is 17.7. The van der Waals surface area contributed by atoms with Crippen LogP contribution in [-0.2, 0) is 20.2 Å². The molecule has 0 bridgehead atoms. The van der Waals surface area contributed by atoms with E-state index in [0.29, 0.717) is 26.2 Å². The molecule has 1 spiro atoms. The second-order valence-electron chi connectivity index (χ2n) is 7.89. The van der Waals surface area contributed by atoms with Gasteiger partial charge in [-0.25, -0.2) is 8.42 Å². The maximum atomic E-state index is 13.6. The van der Waals surface area contributed by atoms with Crippen LogP contribution in [0.25, 0.3) is 0 Å². The molecule has 25 heavy (non-hydrogen) atoms. The van der Waals surface area contributed by atoms with Crippen LogP contribution in [0.2, 0.25) is 0 Å². The van der Waals surface area contributed by atoms with Gasteiger partial charge in [0.1, 0.15) is 0 Å². The Balaban J connectivity index is 1.59. The number of hydrogen-bond acceptors (Lipinski definition) is 3. The van der Waals surface area contributed by atoms with Gasteiger partial charge in [0.2, 0.25) is 15.9 Å². The summed E-state index contributed by atoms with van der Waals surface area (Å²) in [6, 6.07) is 10.2. The fourth-order valence-electron chi connectivity index (χ4n) is 5.17. The lowest BCUT2D eigenvalue weighted by Gasteiger charge is -2.36. The standard InChI is InChI=1S/C19H26N2O3S/c1-25(23,24)21-13-11-20(12-14-21)17(22)19(16-7-3-2-4-8-16)15-18(19)9-5-6-10-18/h2-4,7-8H,5-6,9-15H2,1H3. The molecule has 3 fully saturated rings. The zero-order valence-corrected chi connectivity index (χ0v) is 15.6. The van der Waals surface area contributed by atoms with Crippen LogP contribution in [-0.4, -0.2) is 56.0 Å². The molecule has 1 atom stereocenters. The summed E-state index contributed by atoms with van der Waals surface area (Å²) in [5.41, 5.74) is 0.907. The van der Waals surface area contributed by atoms with E-state index < -0.39 is 10.0 Å². The highest BCUT2D eigenvalue weighted by molar-refractivity contribution is 7.88. The molecule has 4 rings (SSSR count). The summed E-state index contributed by atoms with van der Waals surface area (Å²) >= 11 is 0. The van der Waals surface area contributed by atoms with E-state index in [1.54, 1.807) is 0 Å². The summed E-state index contributed by atoms with van der Waals surface area (Å²) in [6.45, 7) is 1.80. The molecular weight excluding hydrogens is 336 g/mol. The highest BCUT2D eigenvalue weighted by Crippen LogP contribution is 2.72. The number of benzene rings is 1. The number of nitrogens with zero attached hydrogens (tertiary/aromatic N) is 2. The Kier molecular flexibility index (Phi) is 3.96. The maximum Gasteiger partial charge on any atom is 0.233 e. The first-order chi connectivity index (χ1) is 11.9. The number of rotatable bonds is 3. The minimum atomic E-state index is -3.17. The summed E-state index contributed by atoms with van der Waals surface area (Å²) in [5.74, 6) is 0.216. The molecule has 2 aliphatic carbocycles. The Morgan fingerprint density at radius 2 is 1.60 bits per heavy atom. The number of carbonyl (C=O) groups excluding carboxylic acids is 1. The Hall–Kier alpha value is -1.40. The predicted molar refractivity (Wildman–Crippen MR) is 96.6 cm³/mol. The van der Waals surface area contributed by atoms with Gasteiger partial charge >= 0.3 is 0 Å². The van der Waals surface area contributed by atoms with Gasteiger partial charge in [-0.3, -0.25) is 4.79 Å². The SMILES string of the molecule is CS(=O)(=O)N1CCN(C(=O)C2(c3ccccc3)CC23CCCC3)CC1. The minimum Gasteiger partial charge on any atom is -0.339 e. The molecule has 3 aliphatic rings. The molecule has 0 aromatic heterocycles. The summed E-state index contributed by atoms with van der Waals surface area (Å²) in [7, 11) is -3.17. The summed E-state index contributed by atoms with van der Waals surface area (Å²) in [5, 5.41) is 0. The predicted octanol–water partition coefficient (Wildman–Crippen LogP) is 1.99. The lowest BCUT2D eigenvalue weighted by atomic mass is 9.83. The molecular formula is C19H26N2O3S. The lowest BCUT2D eigenvalue weighted by Crippen LogP contribution is -2.53. The third kappa shape index (κ3) is 2.61. The molecule has 136 valence electrons. The van der Waals surface area contributed by atoms with Gasteiger partial charge in [0.05, 0.1) is 11.7 Å². The molecule has 0 N–H and O–H groups in total. The van der Waals surface area contributed by atoms with Gasteiger partial charge in [-0.1, -0.05) is 43.2 Å². The van der Waals surface area contributed by atoms with E-state index in [2.05, 4.69) is 12.1 Å². The van der Waals surface area contributed by atoms with Crippen molar-refractivity contribution in [3.05, 3.63) is 35.9 Å². The van der Waals surface area contributed by atoms with Crippen LogP contribution >= 0.6 is 0 Å². The third-order valence-electron chi connectivity index (χ3n) is 6.57. The van der Waals surface area contributed by atoms with Gasteiger partial charge in [-0.15, -0.1) is 0 Å². The van der Waals surface area contributed by atoms with Crippen molar-refractivity contribution in [3.63, 3.8) is 0 Å². The van der Waals surface area contributed by atoms with Gasteiger partial charge in [0.25, 0.3) is 0 Å². The largest absolute Gasteiger partial charge is 0.339 e. The van der Waals surface area contributed by atoms with Crippen LogP contribution in [0.15, 0.2) is 30.3 Å². The highest BCUT2D eigenvalue weighted by atomic mass is 32.2. The summed E-state index contributed by atoms with van der Waals surface area (Å²) < 4.78 is 24.9. The summed E-state index contributed by atoms with van der Waals surface area (Å²) in [6.07, 6.45) is 6.89. The molecule has 1 aliphatic heterocycles. The number of hydrogen-bond donors (Lipinski definition) is 0. The van der Waals surface area contributed by atoms with Crippen molar-refractivity contribution in [1.29, 1.82) is 0 Å². The second kappa shape index (κ2) is 5.81. The Morgan fingerprint density at radius 3 is 2.16 bits per heavy atom. The van der Waals surface area contributed by atoms with Crippen LogP contribution in [0.4, 0.5) is 0 Å². The molecule has 1 amide bonds. The average molecular weight is 362 g/mol. The topological polar surface area (TPSA) is 57.7 Å². The van der Waals surface area contributed by atoms with Gasteiger partial charge in [0.15, 0.2) is 0 Å². The van der Waals surface area contributed by atoms with E-state index in [1.807, 2.05) is 23.1 Å². The second-order valence-corrected chi connectivity index (χ2v) is 9.87. The first-order valence-corrected chi connectivity index (χ1v) is 11.0. The van der Waals surface area contributed by atoms with Crippen LogP contribution in [0, 0.1) is 5.41 Å². The molecule has 6 heteroatoms. The molecule has 0 radical (unpaired) electrons. The van der Waals surface area contributed by atoms with Crippen molar-refractivity contribution in [3.8, 4) is 0 Å². The molecule has 5 nitrogen and oxygen atoms in total. The lowest BCUT2D eigenvalue weighted by molar-refractivity contribution is -0.136. The number of amides is 1.